The van der Waals surface area contributed by atoms with Gasteiger partial charge < -0.3 is 14.3 Å². The highest BCUT2D eigenvalue weighted by atomic mass is 16.5. The van der Waals surface area contributed by atoms with Crippen LogP contribution in [0.3, 0.4) is 0 Å². The number of piperidine rings is 1. The number of hydrogen-bond acceptors (Lipinski definition) is 5. The average Bonchev–Trinajstić information content (AvgIpc) is 3.14. The second-order valence-electron chi connectivity index (χ2n) is 6.88. The number of carbonyl (C=O) groups excluding carboxylic acids is 2. The molecule has 0 N–H and O–H groups in total. The maximum absolute atomic E-state index is 13.1. The third-order valence-corrected chi connectivity index (χ3v) is 5.23. The van der Waals surface area contributed by atoms with E-state index in [4.69, 9.17) is 4.52 Å². The molecule has 2 atom stereocenters. The van der Waals surface area contributed by atoms with Crippen LogP contribution < -0.4 is 0 Å². The fourth-order valence-electron chi connectivity index (χ4n) is 3.92. The van der Waals surface area contributed by atoms with Gasteiger partial charge in [0.1, 0.15) is 0 Å². The minimum atomic E-state index is -0.0744. The molecule has 0 spiro atoms. The van der Waals surface area contributed by atoms with Crippen LogP contribution in [0.1, 0.15) is 28.2 Å². The molecule has 4 heterocycles. The Balaban J connectivity index is 1.68. The summed E-state index contributed by atoms with van der Waals surface area (Å²) in [5.41, 5.74) is 2.33. The Morgan fingerprint density at radius 3 is 2.92 bits per heavy atom. The lowest BCUT2D eigenvalue weighted by Crippen LogP contribution is -2.42. The molecule has 2 aromatic heterocycles. The van der Waals surface area contributed by atoms with E-state index in [1.165, 1.54) is 0 Å². The summed E-state index contributed by atoms with van der Waals surface area (Å²) in [5, 5.41) is 4.60. The zero-order valence-electron chi connectivity index (χ0n) is 14.1. The van der Waals surface area contributed by atoms with E-state index in [2.05, 4.69) is 10.1 Å². The summed E-state index contributed by atoms with van der Waals surface area (Å²) >= 11 is 0. The molecular formula is C17H20N4O3. The molecule has 0 radical (unpaired) electrons. The highest BCUT2D eigenvalue weighted by Crippen LogP contribution is 2.33. The number of nitrogens with zero attached hydrogens (tertiary/aromatic N) is 4. The van der Waals surface area contributed by atoms with Crippen LogP contribution in [-0.4, -0.2) is 58.4 Å². The molecule has 126 valence electrons. The topological polar surface area (TPSA) is 79.5 Å². The van der Waals surface area contributed by atoms with Crippen molar-refractivity contribution in [2.45, 2.75) is 20.3 Å². The number of rotatable bonds is 1. The number of fused-ring (bicyclic) bond motifs is 2. The highest BCUT2D eigenvalue weighted by Gasteiger charge is 2.43. The Morgan fingerprint density at radius 2 is 2.12 bits per heavy atom. The van der Waals surface area contributed by atoms with E-state index in [1.54, 1.807) is 15.9 Å². The number of amides is 2. The van der Waals surface area contributed by atoms with Gasteiger partial charge in [-0.25, -0.2) is 4.98 Å². The normalized spacial score (nSPS) is 23.9. The first-order valence-corrected chi connectivity index (χ1v) is 8.23. The number of carbonyl (C=O) groups is 2. The molecule has 2 aromatic rings. The average molecular weight is 328 g/mol. The van der Waals surface area contributed by atoms with Crippen LogP contribution in [0.15, 0.2) is 10.6 Å². The standard InChI is InChI=1S/C17H20N4O3/c1-9-6-12(14-10(2)19-24-15(14)18-9)17(23)21-7-11-4-5-20(3)16(22)13(11)8-21/h6,11,13H,4-5,7-8H2,1-3H3/t11-,13+/m1/s1. The van der Waals surface area contributed by atoms with Gasteiger partial charge in [-0.05, 0) is 32.3 Å². The van der Waals surface area contributed by atoms with Crippen molar-refractivity contribution in [2.24, 2.45) is 11.8 Å². The van der Waals surface area contributed by atoms with Gasteiger partial charge in [0, 0.05) is 32.4 Å². The lowest BCUT2D eigenvalue weighted by atomic mass is 9.88. The van der Waals surface area contributed by atoms with Gasteiger partial charge in [0.05, 0.1) is 22.6 Å². The zero-order chi connectivity index (χ0) is 17.0. The molecule has 2 aliphatic heterocycles. The second-order valence-corrected chi connectivity index (χ2v) is 6.88. The molecule has 2 fully saturated rings. The third kappa shape index (κ3) is 2.18. The Bertz CT molecular complexity index is 844. The van der Waals surface area contributed by atoms with E-state index in [-0.39, 0.29) is 23.7 Å². The van der Waals surface area contributed by atoms with Gasteiger partial charge in [0.15, 0.2) is 0 Å². The van der Waals surface area contributed by atoms with Crippen molar-refractivity contribution in [3.63, 3.8) is 0 Å². The van der Waals surface area contributed by atoms with Gasteiger partial charge in [0.2, 0.25) is 5.91 Å². The minimum absolute atomic E-state index is 0.0679. The summed E-state index contributed by atoms with van der Waals surface area (Å²) in [7, 11) is 1.83. The molecule has 7 nitrogen and oxygen atoms in total. The van der Waals surface area contributed by atoms with Crippen LogP contribution in [0.4, 0.5) is 0 Å². The quantitative estimate of drug-likeness (QED) is 0.790. The predicted molar refractivity (Wildman–Crippen MR) is 86.4 cm³/mol. The monoisotopic (exact) mass is 328 g/mol. The molecule has 4 rings (SSSR count). The van der Waals surface area contributed by atoms with Crippen LogP contribution in [0, 0.1) is 25.7 Å². The van der Waals surface area contributed by atoms with E-state index in [0.29, 0.717) is 35.4 Å². The summed E-state index contributed by atoms with van der Waals surface area (Å²) in [6.07, 6.45) is 0.952. The SMILES string of the molecule is Cc1cc(C(=O)N2C[C@H]3CCN(C)C(=O)[C@H]3C2)c2c(C)noc2n1. The van der Waals surface area contributed by atoms with Gasteiger partial charge >= 0.3 is 0 Å². The lowest BCUT2D eigenvalue weighted by Gasteiger charge is -2.30. The first-order chi connectivity index (χ1) is 11.5. The van der Waals surface area contributed by atoms with Crippen molar-refractivity contribution in [2.75, 3.05) is 26.7 Å². The minimum Gasteiger partial charge on any atom is -0.345 e. The van der Waals surface area contributed by atoms with Gasteiger partial charge in [-0.3, -0.25) is 9.59 Å². The van der Waals surface area contributed by atoms with Crippen LogP contribution in [0.25, 0.3) is 11.1 Å². The molecule has 0 unspecified atom stereocenters. The second kappa shape index (κ2) is 5.29. The molecule has 0 aromatic carbocycles. The predicted octanol–water partition coefficient (Wildman–Crippen LogP) is 1.39. The van der Waals surface area contributed by atoms with Gasteiger partial charge in [-0.15, -0.1) is 0 Å². The van der Waals surface area contributed by atoms with Crippen molar-refractivity contribution in [1.29, 1.82) is 0 Å². The summed E-state index contributed by atoms with van der Waals surface area (Å²) < 4.78 is 5.22. The molecule has 0 aliphatic carbocycles. The van der Waals surface area contributed by atoms with E-state index in [0.717, 1.165) is 18.7 Å². The van der Waals surface area contributed by atoms with Crippen molar-refractivity contribution in [3.8, 4) is 0 Å². The van der Waals surface area contributed by atoms with Crippen LogP contribution in [0.5, 0.6) is 0 Å². The Kier molecular flexibility index (Phi) is 3.33. The maximum Gasteiger partial charge on any atom is 0.258 e. The first-order valence-electron chi connectivity index (χ1n) is 8.23. The molecule has 24 heavy (non-hydrogen) atoms. The molecule has 0 saturated carbocycles. The highest BCUT2D eigenvalue weighted by molar-refractivity contribution is 6.06. The number of aryl methyl sites for hydroxylation is 2. The molecule has 2 amide bonds. The summed E-state index contributed by atoms with van der Waals surface area (Å²) in [6.45, 7) is 5.53. The molecule has 2 saturated heterocycles. The van der Waals surface area contributed by atoms with Crippen LogP contribution in [-0.2, 0) is 4.79 Å². The Labute approximate surface area is 139 Å². The third-order valence-electron chi connectivity index (χ3n) is 5.23. The Hall–Kier alpha value is -2.44. The smallest absolute Gasteiger partial charge is 0.258 e. The van der Waals surface area contributed by atoms with Crippen LogP contribution in [0.2, 0.25) is 0 Å². The van der Waals surface area contributed by atoms with E-state index in [9.17, 15) is 9.59 Å². The number of aromatic nitrogens is 2. The van der Waals surface area contributed by atoms with Crippen molar-refractivity contribution < 1.29 is 14.1 Å². The van der Waals surface area contributed by atoms with E-state index < -0.39 is 0 Å². The van der Waals surface area contributed by atoms with Crippen LogP contribution >= 0.6 is 0 Å². The fraction of sp³-hybridized carbons (Fsp3) is 0.529. The van der Waals surface area contributed by atoms with Crippen molar-refractivity contribution in [3.05, 3.63) is 23.0 Å². The van der Waals surface area contributed by atoms with Gasteiger partial charge in [-0.2, -0.15) is 0 Å². The van der Waals surface area contributed by atoms with Gasteiger partial charge in [0.25, 0.3) is 11.6 Å². The molecule has 0 bridgehead atoms. The van der Waals surface area contributed by atoms with E-state index >= 15 is 0 Å². The largest absolute Gasteiger partial charge is 0.345 e. The number of likely N-dealkylation sites (tertiary alicyclic amines) is 2. The zero-order valence-corrected chi connectivity index (χ0v) is 14.1. The number of pyridine rings is 1. The molecule has 2 aliphatic rings. The number of hydrogen-bond donors (Lipinski definition) is 0. The van der Waals surface area contributed by atoms with Gasteiger partial charge in [-0.1, -0.05) is 5.16 Å². The summed E-state index contributed by atoms with van der Waals surface area (Å²) in [5.74, 6) is 0.273. The van der Waals surface area contributed by atoms with Crippen molar-refractivity contribution >= 4 is 22.9 Å². The van der Waals surface area contributed by atoms with E-state index in [1.807, 2.05) is 20.9 Å². The summed E-state index contributed by atoms with van der Waals surface area (Å²) in [4.78, 5) is 33.3. The lowest BCUT2D eigenvalue weighted by molar-refractivity contribution is -0.137. The first kappa shape index (κ1) is 15.1. The van der Waals surface area contributed by atoms with Crippen molar-refractivity contribution in [1.82, 2.24) is 19.9 Å². The maximum atomic E-state index is 13.1. The Morgan fingerprint density at radius 1 is 1.33 bits per heavy atom. The molecular weight excluding hydrogens is 308 g/mol. The summed E-state index contributed by atoms with van der Waals surface area (Å²) in [6, 6.07) is 1.78. The molecule has 7 heteroatoms. The fourth-order valence-corrected chi connectivity index (χ4v) is 3.92.